The van der Waals surface area contributed by atoms with E-state index in [-0.39, 0.29) is 11.5 Å². The Morgan fingerprint density at radius 1 is 1.14 bits per heavy atom. The highest BCUT2D eigenvalue weighted by Crippen LogP contribution is 2.27. The molecule has 0 atom stereocenters. The highest BCUT2D eigenvalue weighted by molar-refractivity contribution is 5.56. The molecule has 21 heavy (non-hydrogen) atoms. The summed E-state index contributed by atoms with van der Waals surface area (Å²) in [6, 6.07) is 10.3. The first-order valence-corrected chi connectivity index (χ1v) is 6.54. The van der Waals surface area contributed by atoms with Gasteiger partial charge in [-0.05, 0) is 42.7 Å². The smallest absolute Gasteiger partial charge is 0.387 e. The molecule has 0 bridgehead atoms. The van der Waals surface area contributed by atoms with Crippen molar-refractivity contribution in [1.82, 2.24) is 0 Å². The molecule has 0 fully saturated rings. The third-order valence-corrected chi connectivity index (χ3v) is 3.14. The van der Waals surface area contributed by atoms with Crippen LogP contribution in [0.1, 0.15) is 16.7 Å². The molecule has 112 valence electrons. The Kier molecular flexibility index (Phi) is 4.62. The van der Waals surface area contributed by atoms with E-state index in [0.717, 1.165) is 16.7 Å². The summed E-state index contributed by atoms with van der Waals surface area (Å²) in [5, 5.41) is 12.8. The molecule has 0 saturated heterocycles. The molecule has 2 aromatic carbocycles. The van der Waals surface area contributed by atoms with Crippen molar-refractivity contribution in [3.05, 3.63) is 53.1 Å². The first-order valence-electron chi connectivity index (χ1n) is 6.54. The average molecular weight is 293 g/mol. The molecular formula is C16H17F2NO2. The number of ether oxygens (including phenoxy) is 1. The van der Waals surface area contributed by atoms with Gasteiger partial charge in [0.15, 0.2) is 0 Å². The Hall–Kier alpha value is -2.30. The molecule has 0 amide bonds. The van der Waals surface area contributed by atoms with Gasteiger partial charge in [-0.2, -0.15) is 8.78 Å². The topological polar surface area (TPSA) is 41.5 Å². The van der Waals surface area contributed by atoms with Gasteiger partial charge in [0.1, 0.15) is 11.5 Å². The largest absolute Gasteiger partial charge is 0.507 e. The maximum absolute atomic E-state index is 12.3. The minimum Gasteiger partial charge on any atom is -0.507 e. The molecule has 0 aliphatic rings. The van der Waals surface area contributed by atoms with Crippen LogP contribution in [0.2, 0.25) is 0 Å². The second kappa shape index (κ2) is 6.43. The van der Waals surface area contributed by atoms with E-state index in [1.165, 1.54) is 6.07 Å². The Bertz CT molecular complexity index is 606. The SMILES string of the molecule is Cc1cc(CNc2ccccc2OC(F)F)cc(C)c1O. The number of phenolic OH excluding ortho intramolecular Hbond substituents is 1. The van der Waals surface area contributed by atoms with E-state index < -0.39 is 6.61 Å². The molecular weight excluding hydrogens is 276 g/mol. The van der Waals surface area contributed by atoms with Gasteiger partial charge < -0.3 is 15.2 Å². The number of para-hydroxylation sites is 2. The van der Waals surface area contributed by atoms with Crippen LogP contribution in [0.4, 0.5) is 14.5 Å². The first kappa shape index (κ1) is 15.1. The number of hydrogen-bond donors (Lipinski definition) is 2. The van der Waals surface area contributed by atoms with Crippen LogP contribution in [-0.4, -0.2) is 11.7 Å². The summed E-state index contributed by atoms with van der Waals surface area (Å²) in [5.41, 5.74) is 3.02. The third-order valence-electron chi connectivity index (χ3n) is 3.14. The van der Waals surface area contributed by atoms with Crippen LogP contribution < -0.4 is 10.1 Å². The zero-order valence-electron chi connectivity index (χ0n) is 11.9. The molecule has 0 radical (unpaired) electrons. The van der Waals surface area contributed by atoms with Crippen molar-refractivity contribution in [3.63, 3.8) is 0 Å². The number of hydrogen-bond acceptors (Lipinski definition) is 3. The van der Waals surface area contributed by atoms with Crippen molar-refractivity contribution >= 4 is 5.69 Å². The summed E-state index contributed by atoms with van der Waals surface area (Å²) in [5.74, 6) is 0.389. The van der Waals surface area contributed by atoms with E-state index in [9.17, 15) is 13.9 Å². The van der Waals surface area contributed by atoms with E-state index in [4.69, 9.17) is 0 Å². The van der Waals surface area contributed by atoms with E-state index in [1.54, 1.807) is 18.2 Å². The molecule has 5 heteroatoms. The molecule has 0 aliphatic carbocycles. The van der Waals surface area contributed by atoms with E-state index >= 15 is 0 Å². The highest BCUT2D eigenvalue weighted by atomic mass is 19.3. The van der Waals surface area contributed by atoms with Crippen LogP contribution in [0.25, 0.3) is 0 Å². The molecule has 2 aromatic rings. The highest BCUT2D eigenvalue weighted by Gasteiger charge is 2.09. The Labute approximate surface area is 122 Å². The molecule has 0 saturated carbocycles. The lowest BCUT2D eigenvalue weighted by molar-refractivity contribution is -0.0493. The van der Waals surface area contributed by atoms with E-state index in [0.29, 0.717) is 12.2 Å². The molecule has 0 unspecified atom stereocenters. The van der Waals surface area contributed by atoms with Crippen LogP contribution in [-0.2, 0) is 6.54 Å². The van der Waals surface area contributed by atoms with Gasteiger partial charge >= 0.3 is 6.61 Å². The van der Waals surface area contributed by atoms with Crippen molar-refractivity contribution in [1.29, 1.82) is 0 Å². The quantitative estimate of drug-likeness (QED) is 0.867. The summed E-state index contributed by atoms with van der Waals surface area (Å²) < 4.78 is 29.1. The van der Waals surface area contributed by atoms with Gasteiger partial charge in [0.25, 0.3) is 0 Å². The minimum absolute atomic E-state index is 0.111. The molecule has 2 rings (SSSR count). The third kappa shape index (κ3) is 3.84. The van der Waals surface area contributed by atoms with Crippen LogP contribution in [0.3, 0.4) is 0 Å². The van der Waals surface area contributed by atoms with Gasteiger partial charge in [0.05, 0.1) is 5.69 Å². The van der Waals surface area contributed by atoms with Crippen molar-refractivity contribution < 1.29 is 18.6 Å². The zero-order valence-corrected chi connectivity index (χ0v) is 11.9. The maximum Gasteiger partial charge on any atom is 0.387 e. The molecule has 0 aromatic heterocycles. The number of aryl methyl sites for hydroxylation is 2. The van der Waals surface area contributed by atoms with Gasteiger partial charge in [0, 0.05) is 6.54 Å². The van der Waals surface area contributed by atoms with Crippen molar-refractivity contribution in [2.75, 3.05) is 5.32 Å². The number of anilines is 1. The van der Waals surface area contributed by atoms with Gasteiger partial charge in [-0.15, -0.1) is 0 Å². The van der Waals surface area contributed by atoms with Gasteiger partial charge in [-0.1, -0.05) is 24.3 Å². The number of phenols is 1. The summed E-state index contributed by atoms with van der Waals surface area (Å²) in [6.45, 7) is 1.23. The number of alkyl halides is 2. The second-order valence-electron chi connectivity index (χ2n) is 4.81. The second-order valence-corrected chi connectivity index (χ2v) is 4.81. The van der Waals surface area contributed by atoms with E-state index in [2.05, 4.69) is 10.1 Å². The van der Waals surface area contributed by atoms with Crippen LogP contribution >= 0.6 is 0 Å². The minimum atomic E-state index is -2.86. The van der Waals surface area contributed by atoms with E-state index in [1.807, 2.05) is 26.0 Å². The van der Waals surface area contributed by atoms with Gasteiger partial charge in [-0.25, -0.2) is 0 Å². The summed E-state index contributed by atoms with van der Waals surface area (Å²) in [4.78, 5) is 0. The summed E-state index contributed by atoms with van der Waals surface area (Å²) in [6.07, 6.45) is 0. The van der Waals surface area contributed by atoms with Crippen molar-refractivity contribution in [3.8, 4) is 11.5 Å². The lowest BCUT2D eigenvalue weighted by Crippen LogP contribution is -2.06. The first-order chi connectivity index (χ1) is 9.97. The number of rotatable bonds is 5. The van der Waals surface area contributed by atoms with Crippen LogP contribution in [0.5, 0.6) is 11.5 Å². The molecule has 0 aliphatic heterocycles. The fraction of sp³-hybridized carbons (Fsp3) is 0.250. The Balaban J connectivity index is 2.13. The predicted molar refractivity (Wildman–Crippen MR) is 78.0 cm³/mol. The number of benzene rings is 2. The Morgan fingerprint density at radius 2 is 1.76 bits per heavy atom. The normalized spacial score (nSPS) is 10.7. The Morgan fingerprint density at radius 3 is 2.38 bits per heavy atom. The fourth-order valence-corrected chi connectivity index (χ4v) is 2.16. The van der Waals surface area contributed by atoms with Crippen LogP contribution in [0, 0.1) is 13.8 Å². The zero-order chi connectivity index (χ0) is 15.4. The van der Waals surface area contributed by atoms with Gasteiger partial charge in [0.2, 0.25) is 0 Å². The number of aromatic hydroxyl groups is 1. The van der Waals surface area contributed by atoms with Crippen molar-refractivity contribution in [2.24, 2.45) is 0 Å². The summed E-state index contributed by atoms with van der Waals surface area (Å²) in [7, 11) is 0. The number of nitrogens with one attached hydrogen (secondary N) is 1. The lowest BCUT2D eigenvalue weighted by Gasteiger charge is -2.13. The number of halogens is 2. The molecule has 2 N–H and O–H groups in total. The molecule has 0 spiro atoms. The maximum atomic E-state index is 12.3. The lowest BCUT2D eigenvalue weighted by atomic mass is 10.1. The van der Waals surface area contributed by atoms with Crippen molar-refractivity contribution in [2.45, 2.75) is 27.0 Å². The average Bonchev–Trinajstić information content (AvgIpc) is 2.43. The predicted octanol–water partition coefficient (Wildman–Crippen LogP) is 4.22. The standard InChI is InChI=1S/C16H17F2NO2/c1-10-7-12(8-11(2)15(10)20)9-19-13-5-3-4-6-14(13)21-16(17)18/h3-8,16,19-20H,9H2,1-2H3. The fourth-order valence-electron chi connectivity index (χ4n) is 2.16. The van der Waals surface area contributed by atoms with Crippen LogP contribution in [0.15, 0.2) is 36.4 Å². The molecule has 3 nitrogen and oxygen atoms in total. The molecule has 0 heterocycles. The summed E-state index contributed by atoms with van der Waals surface area (Å²) >= 11 is 0. The monoisotopic (exact) mass is 293 g/mol. The van der Waals surface area contributed by atoms with Gasteiger partial charge in [-0.3, -0.25) is 0 Å².